The van der Waals surface area contributed by atoms with E-state index >= 15 is 0 Å². The van der Waals surface area contributed by atoms with Crippen LogP contribution in [0.25, 0.3) is 16.8 Å². The van der Waals surface area contributed by atoms with Gasteiger partial charge in [-0.25, -0.2) is 9.50 Å². The third kappa shape index (κ3) is 2.80. The third-order valence-corrected chi connectivity index (χ3v) is 4.29. The monoisotopic (exact) mass is 383 g/mol. The van der Waals surface area contributed by atoms with Gasteiger partial charge in [-0.2, -0.15) is 5.10 Å². The molecule has 1 aromatic carbocycles. The Labute approximate surface area is 141 Å². The molecule has 0 aliphatic carbocycles. The molecular formula is C15H12BrCl2N3. The number of hydrogen-bond acceptors (Lipinski definition) is 2. The predicted molar refractivity (Wildman–Crippen MR) is 90.1 cm³/mol. The van der Waals surface area contributed by atoms with E-state index < -0.39 is 0 Å². The molecule has 0 aliphatic rings. The lowest BCUT2D eigenvalue weighted by molar-refractivity contribution is 0.834. The van der Waals surface area contributed by atoms with Gasteiger partial charge < -0.3 is 0 Å². The second-order valence-electron chi connectivity index (χ2n) is 4.73. The molecular weight excluding hydrogens is 373 g/mol. The third-order valence-electron chi connectivity index (χ3n) is 3.17. The van der Waals surface area contributed by atoms with Crippen molar-refractivity contribution in [2.75, 3.05) is 0 Å². The predicted octanol–water partition coefficient (Wildman–Crippen LogP) is 5.42. The van der Waals surface area contributed by atoms with E-state index in [4.69, 9.17) is 23.2 Å². The Morgan fingerprint density at radius 1 is 1.24 bits per heavy atom. The van der Waals surface area contributed by atoms with Crippen LogP contribution in [0.15, 0.2) is 34.8 Å². The molecule has 3 rings (SSSR count). The lowest BCUT2D eigenvalue weighted by Gasteiger charge is -2.08. The minimum absolute atomic E-state index is 0.383. The summed E-state index contributed by atoms with van der Waals surface area (Å²) >= 11 is 16.3. The minimum Gasteiger partial charge on any atom is -0.216 e. The number of benzene rings is 1. The molecule has 2 aromatic heterocycles. The largest absolute Gasteiger partial charge is 0.216 e. The van der Waals surface area contributed by atoms with E-state index in [9.17, 15) is 0 Å². The van der Waals surface area contributed by atoms with Crippen LogP contribution < -0.4 is 0 Å². The second-order valence-corrected chi connectivity index (χ2v) is 6.37. The summed E-state index contributed by atoms with van der Waals surface area (Å²) in [5.41, 5.74) is 3.24. The quantitative estimate of drug-likeness (QED) is 0.564. The van der Waals surface area contributed by atoms with Crippen LogP contribution in [0.3, 0.4) is 0 Å². The van der Waals surface area contributed by atoms with Crippen molar-refractivity contribution in [3.63, 3.8) is 0 Å². The van der Waals surface area contributed by atoms with Crippen LogP contribution in [0.5, 0.6) is 0 Å². The lowest BCUT2D eigenvalue weighted by Crippen LogP contribution is -1.97. The molecule has 2 heterocycles. The van der Waals surface area contributed by atoms with Crippen molar-refractivity contribution in [3.05, 3.63) is 50.8 Å². The highest BCUT2D eigenvalue weighted by molar-refractivity contribution is 9.10. The van der Waals surface area contributed by atoms with Crippen molar-refractivity contribution >= 4 is 44.8 Å². The van der Waals surface area contributed by atoms with E-state index in [0.717, 1.165) is 28.6 Å². The smallest absolute Gasteiger partial charge is 0.158 e. The van der Waals surface area contributed by atoms with E-state index in [2.05, 4.69) is 32.9 Å². The Morgan fingerprint density at radius 3 is 2.76 bits per heavy atom. The van der Waals surface area contributed by atoms with Crippen molar-refractivity contribution in [3.8, 4) is 11.1 Å². The van der Waals surface area contributed by atoms with Gasteiger partial charge in [0.05, 0.1) is 11.3 Å². The maximum atomic E-state index is 6.51. The Balaban J connectivity index is 2.23. The van der Waals surface area contributed by atoms with E-state index in [1.807, 2.05) is 30.3 Å². The number of aromatic nitrogens is 3. The highest BCUT2D eigenvalue weighted by Crippen LogP contribution is 2.35. The first-order valence-electron chi connectivity index (χ1n) is 6.59. The van der Waals surface area contributed by atoms with Crippen LogP contribution in [0, 0.1) is 0 Å². The van der Waals surface area contributed by atoms with Crippen molar-refractivity contribution in [2.45, 2.75) is 19.8 Å². The van der Waals surface area contributed by atoms with Gasteiger partial charge in [0.15, 0.2) is 5.65 Å². The van der Waals surface area contributed by atoms with E-state index in [-0.39, 0.29) is 0 Å². The molecule has 0 N–H and O–H groups in total. The van der Waals surface area contributed by atoms with Crippen LogP contribution in [0.1, 0.15) is 19.0 Å². The van der Waals surface area contributed by atoms with Gasteiger partial charge in [0.25, 0.3) is 0 Å². The average molecular weight is 385 g/mol. The van der Waals surface area contributed by atoms with Crippen molar-refractivity contribution in [1.29, 1.82) is 0 Å². The second kappa shape index (κ2) is 5.95. The van der Waals surface area contributed by atoms with Gasteiger partial charge in [0.1, 0.15) is 10.3 Å². The molecule has 108 valence electrons. The highest BCUT2D eigenvalue weighted by Gasteiger charge is 2.16. The first kappa shape index (κ1) is 14.8. The van der Waals surface area contributed by atoms with Crippen molar-refractivity contribution in [2.24, 2.45) is 0 Å². The fourth-order valence-electron chi connectivity index (χ4n) is 2.25. The molecule has 0 unspecified atom stereocenters. The molecule has 0 atom stereocenters. The molecule has 3 nitrogen and oxygen atoms in total. The topological polar surface area (TPSA) is 30.2 Å². The standard InChI is InChI=1S/C15H12BrCl2N3/c1-2-4-11-8-12-19-14(17)13(15(18)21(12)20-11)9-5-3-6-10(16)7-9/h3,5-8H,2,4H2,1H3. The summed E-state index contributed by atoms with van der Waals surface area (Å²) < 4.78 is 2.61. The summed E-state index contributed by atoms with van der Waals surface area (Å²) in [5, 5.41) is 5.36. The Hall–Kier alpha value is -1.10. The van der Waals surface area contributed by atoms with E-state index in [0.29, 0.717) is 21.5 Å². The SMILES string of the molecule is CCCc1cc2nc(Cl)c(-c3cccc(Br)c3)c(Cl)n2n1. The number of hydrogen-bond donors (Lipinski definition) is 0. The molecule has 0 fully saturated rings. The van der Waals surface area contributed by atoms with E-state index in [1.165, 1.54) is 0 Å². The average Bonchev–Trinajstić information content (AvgIpc) is 2.82. The molecule has 3 aromatic rings. The van der Waals surface area contributed by atoms with Crippen LogP contribution in [0.4, 0.5) is 0 Å². The molecule has 0 bridgehead atoms. The molecule has 0 saturated carbocycles. The van der Waals surface area contributed by atoms with Gasteiger partial charge in [-0.1, -0.05) is 64.6 Å². The summed E-state index contributed by atoms with van der Waals surface area (Å²) in [6.45, 7) is 2.11. The Bertz CT molecular complexity index is 814. The zero-order valence-corrected chi connectivity index (χ0v) is 14.4. The normalized spacial score (nSPS) is 11.2. The van der Waals surface area contributed by atoms with Gasteiger partial charge in [-0.3, -0.25) is 0 Å². The highest BCUT2D eigenvalue weighted by atomic mass is 79.9. The number of aryl methyl sites for hydroxylation is 1. The molecule has 21 heavy (non-hydrogen) atoms. The first-order valence-corrected chi connectivity index (χ1v) is 8.14. The molecule has 0 radical (unpaired) electrons. The molecule has 6 heteroatoms. The van der Waals surface area contributed by atoms with Crippen molar-refractivity contribution in [1.82, 2.24) is 14.6 Å². The zero-order chi connectivity index (χ0) is 15.0. The van der Waals surface area contributed by atoms with Gasteiger partial charge in [0, 0.05) is 10.5 Å². The van der Waals surface area contributed by atoms with Gasteiger partial charge >= 0.3 is 0 Å². The zero-order valence-electron chi connectivity index (χ0n) is 11.3. The maximum Gasteiger partial charge on any atom is 0.158 e. The van der Waals surface area contributed by atoms with Crippen LogP contribution in [0.2, 0.25) is 10.3 Å². The summed E-state index contributed by atoms with van der Waals surface area (Å²) in [7, 11) is 0. The minimum atomic E-state index is 0.383. The lowest BCUT2D eigenvalue weighted by atomic mass is 10.1. The fourth-order valence-corrected chi connectivity index (χ4v) is 3.31. The molecule has 0 saturated heterocycles. The summed E-state index contributed by atoms with van der Waals surface area (Å²) in [5.74, 6) is 0. The summed E-state index contributed by atoms with van der Waals surface area (Å²) in [6, 6.07) is 9.71. The first-order chi connectivity index (χ1) is 10.1. The number of rotatable bonds is 3. The number of nitrogens with zero attached hydrogens (tertiary/aromatic N) is 3. The van der Waals surface area contributed by atoms with Crippen LogP contribution in [-0.2, 0) is 6.42 Å². The molecule has 0 amide bonds. The Morgan fingerprint density at radius 2 is 2.05 bits per heavy atom. The van der Waals surface area contributed by atoms with Crippen molar-refractivity contribution < 1.29 is 0 Å². The maximum absolute atomic E-state index is 6.51. The van der Waals surface area contributed by atoms with Crippen LogP contribution in [-0.4, -0.2) is 14.6 Å². The number of halogens is 3. The van der Waals surface area contributed by atoms with Crippen LogP contribution >= 0.6 is 39.1 Å². The van der Waals surface area contributed by atoms with E-state index in [1.54, 1.807) is 4.52 Å². The van der Waals surface area contributed by atoms with Gasteiger partial charge in [0.2, 0.25) is 0 Å². The summed E-state index contributed by atoms with van der Waals surface area (Å²) in [6.07, 6.45) is 1.91. The molecule has 0 aliphatic heterocycles. The summed E-state index contributed by atoms with van der Waals surface area (Å²) in [4.78, 5) is 4.41. The number of fused-ring (bicyclic) bond motifs is 1. The molecule has 0 spiro atoms. The van der Waals surface area contributed by atoms with Gasteiger partial charge in [-0.05, 0) is 24.1 Å². The van der Waals surface area contributed by atoms with Gasteiger partial charge in [-0.15, -0.1) is 0 Å². The Kier molecular flexibility index (Phi) is 4.20. The fraction of sp³-hybridized carbons (Fsp3) is 0.200.